The number of piperazine rings is 1. The highest BCUT2D eigenvalue weighted by Gasteiger charge is 2.24. The van der Waals surface area contributed by atoms with E-state index in [1.165, 1.54) is 6.07 Å². The Morgan fingerprint density at radius 1 is 1.47 bits per heavy atom. The van der Waals surface area contributed by atoms with E-state index in [4.69, 9.17) is 0 Å². The highest BCUT2D eigenvalue weighted by atomic mass is 16.6. The monoisotopic (exact) mass is 265 g/mol. The molecule has 0 aromatic carbocycles. The van der Waals surface area contributed by atoms with Crippen molar-refractivity contribution in [2.24, 2.45) is 0 Å². The van der Waals surface area contributed by atoms with E-state index in [0.29, 0.717) is 11.6 Å². The normalized spacial score (nSPS) is 20.4. The summed E-state index contributed by atoms with van der Waals surface area (Å²) in [6.07, 6.45) is 0. The van der Waals surface area contributed by atoms with Crippen molar-refractivity contribution in [3.63, 3.8) is 0 Å². The second-order valence-corrected chi connectivity index (χ2v) is 4.88. The molecular formula is C12H19N5O2. The van der Waals surface area contributed by atoms with Crippen LogP contribution in [0.4, 0.5) is 17.3 Å². The summed E-state index contributed by atoms with van der Waals surface area (Å²) in [6, 6.07) is 3.28. The summed E-state index contributed by atoms with van der Waals surface area (Å²) in [5, 5.41) is 13.8. The molecule has 7 heteroatoms. The number of nitrogens with one attached hydrogen (secondary N) is 1. The van der Waals surface area contributed by atoms with Gasteiger partial charge in [-0.25, -0.2) is 4.98 Å². The Morgan fingerprint density at radius 3 is 2.79 bits per heavy atom. The van der Waals surface area contributed by atoms with Gasteiger partial charge in [-0.2, -0.15) is 0 Å². The molecule has 1 aliphatic heterocycles. The number of aromatic nitrogens is 1. The Hall–Kier alpha value is -1.89. The van der Waals surface area contributed by atoms with E-state index in [9.17, 15) is 10.1 Å². The molecule has 0 bridgehead atoms. The molecule has 0 aliphatic carbocycles. The van der Waals surface area contributed by atoms with E-state index in [1.807, 2.05) is 0 Å². The van der Waals surface area contributed by atoms with Gasteiger partial charge in [-0.3, -0.25) is 10.1 Å². The standard InChI is InChI=1S/C12H19N5O2/c1-9-8-15(3)4-5-16(9)12-7-10(17(18)19)6-11(13-2)14-12/h6-7,9H,4-5,8H2,1-3H3,(H,13,14). The van der Waals surface area contributed by atoms with Crippen molar-refractivity contribution in [2.75, 3.05) is 43.9 Å². The van der Waals surface area contributed by atoms with Gasteiger partial charge in [-0.1, -0.05) is 0 Å². The predicted octanol–water partition coefficient (Wildman–Crippen LogP) is 1.17. The lowest BCUT2D eigenvalue weighted by Crippen LogP contribution is -2.50. The zero-order valence-corrected chi connectivity index (χ0v) is 11.5. The number of rotatable bonds is 3. The molecule has 0 radical (unpaired) electrons. The number of hydrogen-bond donors (Lipinski definition) is 1. The van der Waals surface area contributed by atoms with Gasteiger partial charge in [0, 0.05) is 32.7 Å². The van der Waals surface area contributed by atoms with Crippen LogP contribution in [-0.4, -0.2) is 54.6 Å². The summed E-state index contributed by atoms with van der Waals surface area (Å²) in [4.78, 5) is 19.4. The van der Waals surface area contributed by atoms with Crippen LogP contribution >= 0.6 is 0 Å². The molecule has 0 amide bonds. The van der Waals surface area contributed by atoms with Crippen molar-refractivity contribution in [3.05, 3.63) is 22.2 Å². The van der Waals surface area contributed by atoms with Crippen LogP contribution in [0.3, 0.4) is 0 Å². The highest BCUT2D eigenvalue weighted by molar-refractivity contribution is 5.56. The first kappa shape index (κ1) is 13.5. The molecular weight excluding hydrogens is 246 g/mol. The maximum atomic E-state index is 11.0. The SMILES string of the molecule is CNc1cc([N+](=O)[O-])cc(N2CCN(C)CC2C)n1. The van der Waals surface area contributed by atoms with Gasteiger partial charge >= 0.3 is 0 Å². The minimum Gasteiger partial charge on any atom is -0.373 e. The lowest BCUT2D eigenvalue weighted by atomic mass is 10.2. The second-order valence-electron chi connectivity index (χ2n) is 4.88. The van der Waals surface area contributed by atoms with Gasteiger partial charge < -0.3 is 15.1 Å². The van der Waals surface area contributed by atoms with Crippen LogP contribution < -0.4 is 10.2 Å². The Bertz CT molecular complexity index is 479. The Kier molecular flexibility index (Phi) is 3.84. The number of nitrogens with zero attached hydrogens (tertiary/aromatic N) is 4. The second kappa shape index (κ2) is 5.40. The molecule has 1 aromatic rings. The quantitative estimate of drug-likeness (QED) is 0.653. The number of anilines is 2. The Balaban J connectivity index is 2.33. The van der Waals surface area contributed by atoms with Gasteiger partial charge in [-0.15, -0.1) is 0 Å². The third kappa shape index (κ3) is 2.93. The van der Waals surface area contributed by atoms with E-state index in [1.54, 1.807) is 13.1 Å². The first-order chi connectivity index (χ1) is 9.01. The fraction of sp³-hybridized carbons (Fsp3) is 0.583. The Morgan fingerprint density at radius 2 is 2.21 bits per heavy atom. The van der Waals surface area contributed by atoms with E-state index in [2.05, 4.69) is 34.1 Å². The number of hydrogen-bond acceptors (Lipinski definition) is 6. The third-order valence-electron chi connectivity index (χ3n) is 3.39. The van der Waals surface area contributed by atoms with Crippen LogP contribution in [0, 0.1) is 10.1 Å². The number of pyridine rings is 1. The summed E-state index contributed by atoms with van der Waals surface area (Å²) >= 11 is 0. The lowest BCUT2D eigenvalue weighted by molar-refractivity contribution is -0.384. The first-order valence-electron chi connectivity index (χ1n) is 6.30. The fourth-order valence-electron chi connectivity index (χ4n) is 2.36. The van der Waals surface area contributed by atoms with Crippen LogP contribution in [0.15, 0.2) is 12.1 Å². The van der Waals surface area contributed by atoms with Crippen LogP contribution in [0.2, 0.25) is 0 Å². The van der Waals surface area contributed by atoms with Gasteiger partial charge in [0.2, 0.25) is 0 Å². The molecule has 7 nitrogen and oxygen atoms in total. The van der Waals surface area contributed by atoms with E-state index >= 15 is 0 Å². The van der Waals surface area contributed by atoms with E-state index < -0.39 is 0 Å². The van der Waals surface area contributed by atoms with Crippen molar-refractivity contribution in [3.8, 4) is 0 Å². The maximum absolute atomic E-state index is 11.0. The molecule has 1 N–H and O–H groups in total. The molecule has 0 saturated carbocycles. The predicted molar refractivity (Wildman–Crippen MR) is 74.7 cm³/mol. The molecule has 1 saturated heterocycles. The number of likely N-dealkylation sites (N-methyl/N-ethyl adjacent to an activating group) is 1. The molecule has 2 rings (SSSR count). The van der Waals surface area contributed by atoms with Gasteiger partial charge in [-0.05, 0) is 14.0 Å². The molecule has 1 aromatic heterocycles. The topological polar surface area (TPSA) is 74.5 Å². The minimum atomic E-state index is -0.382. The van der Waals surface area contributed by atoms with E-state index in [0.717, 1.165) is 19.6 Å². The highest BCUT2D eigenvalue weighted by Crippen LogP contribution is 2.25. The summed E-state index contributed by atoms with van der Waals surface area (Å²) < 4.78 is 0. The van der Waals surface area contributed by atoms with Crippen molar-refractivity contribution in [2.45, 2.75) is 13.0 Å². The fourth-order valence-corrected chi connectivity index (χ4v) is 2.36. The summed E-state index contributed by atoms with van der Waals surface area (Å²) in [5.74, 6) is 1.19. The van der Waals surface area contributed by atoms with Gasteiger partial charge in [0.05, 0.1) is 17.1 Å². The van der Waals surface area contributed by atoms with Crippen molar-refractivity contribution in [1.82, 2.24) is 9.88 Å². The molecule has 0 spiro atoms. The zero-order chi connectivity index (χ0) is 14.0. The van der Waals surface area contributed by atoms with E-state index in [-0.39, 0.29) is 16.7 Å². The van der Waals surface area contributed by atoms with Gasteiger partial charge in [0.15, 0.2) is 0 Å². The Labute approximate surface area is 112 Å². The lowest BCUT2D eigenvalue weighted by Gasteiger charge is -2.39. The molecule has 1 unspecified atom stereocenters. The van der Waals surface area contributed by atoms with Gasteiger partial charge in [0.25, 0.3) is 5.69 Å². The van der Waals surface area contributed by atoms with Crippen molar-refractivity contribution < 1.29 is 4.92 Å². The largest absolute Gasteiger partial charge is 0.373 e. The molecule has 19 heavy (non-hydrogen) atoms. The van der Waals surface area contributed by atoms with Crippen molar-refractivity contribution >= 4 is 17.3 Å². The number of nitro groups is 1. The van der Waals surface area contributed by atoms with Crippen LogP contribution in [0.5, 0.6) is 0 Å². The van der Waals surface area contributed by atoms with Crippen LogP contribution in [0.1, 0.15) is 6.92 Å². The first-order valence-corrected chi connectivity index (χ1v) is 6.30. The maximum Gasteiger partial charge on any atom is 0.276 e. The molecule has 2 heterocycles. The molecule has 1 aliphatic rings. The smallest absolute Gasteiger partial charge is 0.276 e. The minimum absolute atomic E-state index is 0.0699. The average Bonchev–Trinajstić information content (AvgIpc) is 2.38. The molecule has 1 fully saturated rings. The summed E-state index contributed by atoms with van der Waals surface area (Å²) in [7, 11) is 3.79. The van der Waals surface area contributed by atoms with Crippen molar-refractivity contribution in [1.29, 1.82) is 0 Å². The third-order valence-corrected chi connectivity index (χ3v) is 3.39. The van der Waals surface area contributed by atoms with Crippen LogP contribution in [0.25, 0.3) is 0 Å². The zero-order valence-electron chi connectivity index (χ0n) is 11.5. The summed E-state index contributed by atoms with van der Waals surface area (Å²) in [6.45, 7) is 4.80. The average molecular weight is 265 g/mol. The summed E-state index contributed by atoms with van der Waals surface area (Å²) in [5.41, 5.74) is 0.0699. The van der Waals surface area contributed by atoms with Crippen LogP contribution in [-0.2, 0) is 0 Å². The molecule has 104 valence electrons. The van der Waals surface area contributed by atoms with Gasteiger partial charge in [0.1, 0.15) is 11.6 Å². The molecule has 1 atom stereocenters.